The highest BCUT2D eigenvalue weighted by atomic mass is 32.1. The predicted molar refractivity (Wildman–Crippen MR) is 82.5 cm³/mol. The fraction of sp³-hybridized carbons (Fsp3) is 0.333. The molecule has 0 radical (unpaired) electrons. The van der Waals surface area contributed by atoms with E-state index in [2.05, 4.69) is 21.7 Å². The van der Waals surface area contributed by atoms with Crippen molar-refractivity contribution in [2.45, 2.75) is 26.5 Å². The zero-order chi connectivity index (χ0) is 14.7. The molecule has 21 heavy (non-hydrogen) atoms. The molecular weight excluding hydrogens is 286 g/mol. The van der Waals surface area contributed by atoms with Crippen molar-refractivity contribution in [1.82, 2.24) is 10.3 Å². The number of urea groups is 1. The molecule has 2 heterocycles. The van der Waals surface area contributed by atoms with Crippen molar-refractivity contribution in [3.8, 4) is 0 Å². The second kappa shape index (κ2) is 6.24. The smallest absolute Gasteiger partial charge is 0.321 e. The first-order valence-electron chi connectivity index (χ1n) is 6.87. The van der Waals surface area contributed by atoms with Crippen molar-refractivity contribution in [2.75, 3.05) is 11.9 Å². The first-order valence-corrected chi connectivity index (χ1v) is 7.69. The Morgan fingerprint density at radius 3 is 3.19 bits per heavy atom. The third kappa shape index (κ3) is 3.59. The summed E-state index contributed by atoms with van der Waals surface area (Å²) in [5.41, 5.74) is 3.31. The lowest BCUT2D eigenvalue weighted by Crippen LogP contribution is -2.28. The quantitative estimate of drug-likeness (QED) is 0.916. The molecule has 1 aromatic carbocycles. The van der Waals surface area contributed by atoms with Gasteiger partial charge in [-0.3, -0.25) is 5.32 Å². The number of carbonyl (C=O) groups is 1. The van der Waals surface area contributed by atoms with E-state index < -0.39 is 0 Å². The van der Waals surface area contributed by atoms with Gasteiger partial charge in [0.15, 0.2) is 5.13 Å². The third-order valence-electron chi connectivity index (χ3n) is 3.25. The first kappa shape index (κ1) is 14.0. The minimum Gasteiger partial charge on any atom is -0.375 e. The van der Waals surface area contributed by atoms with Crippen molar-refractivity contribution in [2.24, 2.45) is 0 Å². The molecule has 0 saturated heterocycles. The van der Waals surface area contributed by atoms with Crippen LogP contribution in [-0.4, -0.2) is 17.6 Å². The number of benzene rings is 1. The van der Waals surface area contributed by atoms with Crippen molar-refractivity contribution in [1.29, 1.82) is 0 Å². The average Bonchev–Trinajstić information content (AvgIpc) is 2.87. The van der Waals surface area contributed by atoms with Crippen LogP contribution in [0.3, 0.4) is 0 Å². The minimum absolute atomic E-state index is 0.233. The molecule has 0 atom stereocenters. The van der Waals surface area contributed by atoms with E-state index in [0.29, 0.717) is 24.9 Å². The van der Waals surface area contributed by atoms with Gasteiger partial charge in [-0.05, 0) is 12.5 Å². The number of aryl methyl sites for hydroxylation is 1. The van der Waals surface area contributed by atoms with E-state index in [1.807, 2.05) is 25.1 Å². The van der Waals surface area contributed by atoms with Crippen molar-refractivity contribution in [3.05, 3.63) is 46.0 Å². The van der Waals surface area contributed by atoms with Crippen LogP contribution < -0.4 is 10.6 Å². The molecule has 2 N–H and O–H groups in total. The second-order valence-electron chi connectivity index (χ2n) is 4.99. The van der Waals surface area contributed by atoms with Gasteiger partial charge in [0.25, 0.3) is 0 Å². The number of amides is 2. The lowest BCUT2D eigenvalue weighted by atomic mass is 10.1. The summed E-state index contributed by atoms with van der Waals surface area (Å²) in [5.74, 6) is 0. The minimum atomic E-state index is -0.233. The van der Waals surface area contributed by atoms with Gasteiger partial charge in [0.1, 0.15) is 0 Å². The molecule has 1 aromatic heterocycles. The van der Waals surface area contributed by atoms with Gasteiger partial charge in [-0.25, -0.2) is 9.78 Å². The van der Waals surface area contributed by atoms with Crippen LogP contribution in [0.1, 0.15) is 21.7 Å². The summed E-state index contributed by atoms with van der Waals surface area (Å²) in [5, 5.41) is 6.26. The Labute approximate surface area is 127 Å². The SMILES string of the molecule is Cc1cccc(CNC(=O)Nc2nc3c(s2)COCC3)c1. The van der Waals surface area contributed by atoms with Crippen LogP contribution in [-0.2, 0) is 24.3 Å². The summed E-state index contributed by atoms with van der Waals surface area (Å²) in [7, 11) is 0. The largest absolute Gasteiger partial charge is 0.375 e. The lowest BCUT2D eigenvalue weighted by molar-refractivity contribution is 0.112. The van der Waals surface area contributed by atoms with Gasteiger partial charge in [0, 0.05) is 13.0 Å². The summed E-state index contributed by atoms with van der Waals surface area (Å²) in [6.45, 7) is 3.84. The zero-order valence-electron chi connectivity index (χ0n) is 11.8. The Bertz CT molecular complexity index is 631. The number of carbonyl (C=O) groups excluding carboxylic acids is 1. The van der Waals surface area contributed by atoms with Crippen molar-refractivity contribution in [3.63, 3.8) is 0 Å². The monoisotopic (exact) mass is 303 g/mol. The van der Waals surface area contributed by atoms with Crippen LogP contribution in [0.4, 0.5) is 9.93 Å². The number of hydrogen-bond donors (Lipinski definition) is 2. The predicted octanol–water partition coefficient (Wildman–Crippen LogP) is 2.85. The van der Waals surface area contributed by atoms with Gasteiger partial charge in [0.05, 0.1) is 23.8 Å². The van der Waals surface area contributed by atoms with E-state index in [9.17, 15) is 4.79 Å². The molecular formula is C15H17N3O2S. The molecule has 0 saturated carbocycles. The summed E-state index contributed by atoms with van der Waals surface area (Å²) >= 11 is 1.48. The lowest BCUT2D eigenvalue weighted by Gasteiger charge is -2.08. The number of thiazole rings is 1. The highest BCUT2D eigenvalue weighted by molar-refractivity contribution is 7.15. The number of anilines is 1. The topological polar surface area (TPSA) is 63.2 Å². The summed E-state index contributed by atoms with van der Waals surface area (Å²) in [4.78, 5) is 17.4. The fourth-order valence-electron chi connectivity index (χ4n) is 2.22. The van der Waals surface area contributed by atoms with Gasteiger partial charge in [-0.2, -0.15) is 0 Å². The zero-order valence-corrected chi connectivity index (χ0v) is 12.6. The van der Waals surface area contributed by atoms with Crippen LogP contribution in [0.2, 0.25) is 0 Å². The van der Waals surface area contributed by atoms with Gasteiger partial charge in [-0.1, -0.05) is 41.2 Å². The van der Waals surface area contributed by atoms with Crippen LogP contribution in [0.25, 0.3) is 0 Å². The number of ether oxygens (including phenoxy) is 1. The number of hydrogen-bond acceptors (Lipinski definition) is 4. The van der Waals surface area contributed by atoms with E-state index in [4.69, 9.17) is 4.74 Å². The molecule has 0 bridgehead atoms. The van der Waals surface area contributed by atoms with E-state index >= 15 is 0 Å². The molecule has 5 nitrogen and oxygen atoms in total. The van der Waals surface area contributed by atoms with Gasteiger partial charge in [0.2, 0.25) is 0 Å². The highest BCUT2D eigenvalue weighted by Crippen LogP contribution is 2.26. The van der Waals surface area contributed by atoms with Gasteiger partial charge < -0.3 is 10.1 Å². The summed E-state index contributed by atoms with van der Waals surface area (Å²) in [6, 6.07) is 7.83. The number of nitrogens with zero attached hydrogens (tertiary/aromatic N) is 1. The Morgan fingerprint density at radius 2 is 2.38 bits per heavy atom. The van der Waals surface area contributed by atoms with E-state index in [0.717, 1.165) is 22.6 Å². The van der Waals surface area contributed by atoms with E-state index in [-0.39, 0.29) is 6.03 Å². The van der Waals surface area contributed by atoms with Crippen LogP contribution in [0.15, 0.2) is 24.3 Å². The number of nitrogens with one attached hydrogen (secondary N) is 2. The van der Waals surface area contributed by atoms with Crippen LogP contribution in [0.5, 0.6) is 0 Å². The number of rotatable bonds is 3. The molecule has 0 spiro atoms. The number of aromatic nitrogens is 1. The Kier molecular flexibility index (Phi) is 4.17. The molecule has 1 aliphatic rings. The maximum atomic E-state index is 11.9. The highest BCUT2D eigenvalue weighted by Gasteiger charge is 2.16. The molecule has 0 fully saturated rings. The number of fused-ring (bicyclic) bond motifs is 1. The Balaban J connectivity index is 1.55. The normalized spacial score (nSPS) is 13.6. The third-order valence-corrected chi connectivity index (χ3v) is 4.24. The Morgan fingerprint density at radius 1 is 1.48 bits per heavy atom. The average molecular weight is 303 g/mol. The maximum Gasteiger partial charge on any atom is 0.321 e. The van der Waals surface area contributed by atoms with Gasteiger partial charge in [-0.15, -0.1) is 0 Å². The van der Waals surface area contributed by atoms with E-state index in [1.165, 1.54) is 16.9 Å². The van der Waals surface area contributed by atoms with Crippen LogP contribution >= 0.6 is 11.3 Å². The summed E-state index contributed by atoms with van der Waals surface area (Å²) < 4.78 is 5.37. The molecule has 1 aliphatic heterocycles. The Hall–Kier alpha value is -1.92. The van der Waals surface area contributed by atoms with Crippen LogP contribution in [0, 0.1) is 6.92 Å². The fourth-order valence-corrected chi connectivity index (χ4v) is 3.17. The molecule has 0 aliphatic carbocycles. The molecule has 2 amide bonds. The standard InChI is InChI=1S/C15H17N3O2S/c1-10-3-2-4-11(7-10)8-16-14(19)18-15-17-12-5-6-20-9-13(12)21-15/h2-4,7H,5-6,8-9H2,1H3,(H2,16,17,18,19). The maximum absolute atomic E-state index is 11.9. The van der Waals surface area contributed by atoms with Crippen molar-refractivity contribution >= 4 is 22.5 Å². The first-order chi connectivity index (χ1) is 10.2. The van der Waals surface area contributed by atoms with Gasteiger partial charge >= 0.3 is 6.03 Å². The molecule has 0 unspecified atom stereocenters. The van der Waals surface area contributed by atoms with E-state index in [1.54, 1.807) is 0 Å². The second-order valence-corrected chi connectivity index (χ2v) is 6.07. The molecule has 6 heteroatoms. The van der Waals surface area contributed by atoms with Crippen molar-refractivity contribution < 1.29 is 9.53 Å². The molecule has 110 valence electrons. The molecule has 2 aromatic rings. The molecule has 3 rings (SSSR count). The summed E-state index contributed by atoms with van der Waals surface area (Å²) in [6.07, 6.45) is 0.818.